The molecule has 102 valence electrons. The highest BCUT2D eigenvalue weighted by Crippen LogP contribution is 2.27. The molecular formula is C15H21N3S. The van der Waals surface area contributed by atoms with Crippen LogP contribution >= 0.6 is 11.8 Å². The lowest BCUT2D eigenvalue weighted by molar-refractivity contribution is 0.765. The van der Waals surface area contributed by atoms with Gasteiger partial charge in [0, 0.05) is 41.1 Å². The summed E-state index contributed by atoms with van der Waals surface area (Å²) >= 11 is 1.88. The Balaban J connectivity index is 2.26. The van der Waals surface area contributed by atoms with E-state index in [4.69, 9.17) is 0 Å². The number of aromatic nitrogens is 2. The summed E-state index contributed by atoms with van der Waals surface area (Å²) in [6, 6.07) is 8.67. The lowest BCUT2D eigenvalue weighted by Crippen LogP contribution is -2.05. The Morgan fingerprint density at radius 1 is 1.26 bits per heavy atom. The maximum absolute atomic E-state index is 4.56. The molecule has 0 amide bonds. The Morgan fingerprint density at radius 3 is 2.53 bits per heavy atom. The molecule has 1 aromatic carbocycles. The highest BCUT2D eigenvalue weighted by Gasteiger charge is 2.09. The second kappa shape index (κ2) is 6.26. The van der Waals surface area contributed by atoms with E-state index in [1.165, 1.54) is 16.0 Å². The van der Waals surface area contributed by atoms with Crippen molar-refractivity contribution in [2.75, 3.05) is 7.05 Å². The van der Waals surface area contributed by atoms with E-state index in [2.05, 4.69) is 54.7 Å². The van der Waals surface area contributed by atoms with Crippen LogP contribution < -0.4 is 5.32 Å². The average Bonchev–Trinajstić information content (AvgIpc) is 2.71. The minimum atomic E-state index is 0.612. The first-order valence-electron chi connectivity index (χ1n) is 6.54. The number of hydrogen-bond donors (Lipinski definition) is 1. The van der Waals surface area contributed by atoms with Crippen LogP contribution in [0.1, 0.15) is 19.4 Å². The van der Waals surface area contributed by atoms with Gasteiger partial charge in [0.2, 0.25) is 0 Å². The lowest BCUT2D eigenvalue weighted by atomic mass is 10.1. The molecule has 0 aliphatic heterocycles. The maximum atomic E-state index is 4.56. The number of aryl methyl sites for hydroxylation is 1. The van der Waals surface area contributed by atoms with Crippen LogP contribution in [-0.4, -0.2) is 22.1 Å². The smallest absolute Gasteiger partial charge is 0.0967 e. The number of thioether (sulfide) groups is 1. The molecule has 2 rings (SSSR count). The third-order valence-electron chi connectivity index (χ3n) is 2.77. The van der Waals surface area contributed by atoms with Gasteiger partial charge in [0.15, 0.2) is 0 Å². The molecule has 1 N–H and O–H groups in total. The number of nitrogens with zero attached hydrogens (tertiary/aromatic N) is 2. The minimum Gasteiger partial charge on any atom is -0.316 e. The molecule has 4 heteroatoms. The van der Waals surface area contributed by atoms with Crippen LogP contribution in [0.5, 0.6) is 0 Å². The molecule has 3 nitrogen and oxygen atoms in total. The Labute approximate surface area is 119 Å². The van der Waals surface area contributed by atoms with E-state index in [0.29, 0.717) is 5.25 Å². The quantitative estimate of drug-likeness (QED) is 0.849. The second-order valence-electron chi connectivity index (χ2n) is 4.90. The Hall–Kier alpha value is -1.26. The number of benzene rings is 1. The molecule has 0 bridgehead atoms. The van der Waals surface area contributed by atoms with E-state index in [1.54, 1.807) is 0 Å². The standard InChI is InChI=1S/C15H21N3S/c1-11(2)19-14-7-5-12(6-8-14)15-13(9-16-3)10-18(4)17-15/h5-8,10-11,16H,9H2,1-4H3. The Kier molecular flexibility index (Phi) is 4.66. The first kappa shape index (κ1) is 14.2. The van der Waals surface area contributed by atoms with Crippen LogP contribution in [0.25, 0.3) is 11.3 Å². The van der Waals surface area contributed by atoms with E-state index in [0.717, 1.165) is 12.2 Å². The number of nitrogens with one attached hydrogen (secondary N) is 1. The van der Waals surface area contributed by atoms with Gasteiger partial charge < -0.3 is 5.32 Å². The lowest BCUT2D eigenvalue weighted by Gasteiger charge is -2.06. The predicted octanol–water partition coefficient (Wildman–Crippen LogP) is 3.31. The van der Waals surface area contributed by atoms with Gasteiger partial charge in [-0.25, -0.2) is 0 Å². The van der Waals surface area contributed by atoms with Crippen molar-refractivity contribution in [3.8, 4) is 11.3 Å². The maximum Gasteiger partial charge on any atom is 0.0967 e. The van der Waals surface area contributed by atoms with Gasteiger partial charge in [0.1, 0.15) is 0 Å². The van der Waals surface area contributed by atoms with Crippen LogP contribution in [0.15, 0.2) is 35.4 Å². The summed E-state index contributed by atoms with van der Waals surface area (Å²) in [6.07, 6.45) is 2.07. The van der Waals surface area contributed by atoms with Crippen molar-refractivity contribution in [1.29, 1.82) is 0 Å². The molecule has 0 aliphatic carbocycles. The minimum absolute atomic E-state index is 0.612. The van der Waals surface area contributed by atoms with E-state index < -0.39 is 0 Å². The van der Waals surface area contributed by atoms with Crippen LogP contribution in [0.4, 0.5) is 0 Å². The highest BCUT2D eigenvalue weighted by atomic mass is 32.2. The van der Waals surface area contributed by atoms with Gasteiger partial charge in [-0.05, 0) is 19.2 Å². The fraction of sp³-hybridized carbons (Fsp3) is 0.400. The van der Waals surface area contributed by atoms with Crippen LogP contribution in [0.3, 0.4) is 0 Å². The van der Waals surface area contributed by atoms with Gasteiger partial charge >= 0.3 is 0 Å². The van der Waals surface area contributed by atoms with Crippen molar-refractivity contribution in [1.82, 2.24) is 15.1 Å². The molecule has 0 saturated heterocycles. The molecule has 19 heavy (non-hydrogen) atoms. The molecule has 0 radical (unpaired) electrons. The van der Waals surface area contributed by atoms with Crippen LogP contribution in [0.2, 0.25) is 0 Å². The molecule has 0 spiro atoms. The molecule has 1 heterocycles. The predicted molar refractivity (Wildman–Crippen MR) is 82.4 cm³/mol. The molecule has 2 aromatic rings. The van der Waals surface area contributed by atoms with Crippen molar-refractivity contribution >= 4 is 11.8 Å². The monoisotopic (exact) mass is 275 g/mol. The van der Waals surface area contributed by atoms with Crippen molar-refractivity contribution < 1.29 is 0 Å². The van der Waals surface area contributed by atoms with Crippen molar-refractivity contribution in [3.63, 3.8) is 0 Å². The zero-order valence-electron chi connectivity index (χ0n) is 12.0. The van der Waals surface area contributed by atoms with Gasteiger partial charge in [-0.2, -0.15) is 5.10 Å². The number of hydrogen-bond acceptors (Lipinski definition) is 3. The summed E-state index contributed by atoms with van der Waals surface area (Å²) in [5.74, 6) is 0. The molecule has 0 saturated carbocycles. The van der Waals surface area contributed by atoms with Crippen LogP contribution in [-0.2, 0) is 13.6 Å². The largest absolute Gasteiger partial charge is 0.316 e. The zero-order valence-corrected chi connectivity index (χ0v) is 12.8. The molecule has 0 fully saturated rings. The topological polar surface area (TPSA) is 29.9 Å². The van der Waals surface area contributed by atoms with Crippen molar-refractivity contribution in [2.24, 2.45) is 7.05 Å². The first-order chi connectivity index (χ1) is 9.10. The third kappa shape index (κ3) is 3.61. The normalized spacial score (nSPS) is 11.2. The molecular weight excluding hydrogens is 254 g/mol. The first-order valence-corrected chi connectivity index (χ1v) is 7.42. The van der Waals surface area contributed by atoms with Gasteiger partial charge in [0.25, 0.3) is 0 Å². The Bertz CT molecular complexity index is 529. The highest BCUT2D eigenvalue weighted by molar-refractivity contribution is 7.99. The zero-order chi connectivity index (χ0) is 13.8. The van der Waals surface area contributed by atoms with E-state index in [-0.39, 0.29) is 0 Å². The number of rotatable bonds is 5. The Morgan fingerprint density at radius 2 is 1.95 bits per heavy atom. The van der Waals surface area contributed by atoms with E-state index in [9.17, 15) is 0 Å². The molecule has 0 unspecified atom stereocenters. The summed E-state index contributed by atoms with van der Waals surface area (Å²) in [5.41, 5.74) is 3.48. The second-order valence-corrected chi connectivity index (χ2v) is 6.55. The summed E-state index contributed by atoms with van der Waals surface area (Å²) in [5, 5.41) is 8.36. The molecule has 0 aliphatic rings. The SMILES string of the molecule is CNCc1cn(C)nc1-c1ccc(SC(C)C)cc1. The fourth-order valence-electron chi connectivity index (χ4n) is 2.06. The molecule has 0 atom stereocenters. The van der Waals surface area contributed by atoms with Gasteiger partial charge in [-0.3, -0.25) is 4.68 Å². The van der Waals surface area contributed by atoms with Gasteiger partial charge in [0.05, 0.1) is 5.69 Å². The fourth-order valence-corrected chi connectivity index (χ4v) is 2.90. The summed E-state index contributed by atoms with van der Waals surface area (Å²) in [4.78, 5) is 1.31. The third-order valence-corrected chi connectivity index (χ3v) is 3.79. The van der Waals surface area contributed by atoms with E-state index in [1.807, 2.05) is 30.5 Å². The van der Waals surface area contributed by atoms with Gasteiger partial charge in [-0.1, -0.05) is 26.0 Å². The van der Waals surface area contributed by atoms with Crippen molar-refractivity contribution in [3.05, 3.63) is 36.0 Å². The molecule has 1 aromatic heterocycles. The van der Waals surface area contributed by atoms with E-state index >= 15 is 0 Å². The summed E-state index contributed by atoms with van der Waals surface area (Å²) in [6.45, 7) is 5.26. The van der Waals surface area contributed by atoms with Crippen LogP contribution in [0, 0.1) is 0 Å². The summed E-state index contributed by atoms with van der Waals surface area (Å²) in [7, 11) is 3.92. The summed E-state index contributed by atoms with van der Waals surface area (Å²) < 4.78 is 1.87. The van der Waals surface area contributed by atoms with Crippen molar-refractivity contribution in [2.45, 2.75) is 30.5 Å². The van der Waals surface area contributed by atoms with Gasteiger partial charge in [-0.15, -0.1) is 11.8 Å². The average molecular weight is 275 g/mol.